The second-order valence-electron chi connectivity index (χ2n) is 5.55. The third-order valence-corrected chi connectivity index (χ3v) is 3.83. The smallest absolute Gasteiger partial charge is 0.161 e. The molecule has 0 amide bonds. The van der Waals surface area contributed by atoms with E-state index in [2.05, 4.69) is 19.2 Å². The molecule has 0 radical (unpaired) electrons. The summed E-state index contributed by atoms with van der Waals surface area (Å²) in [6.45, 7) is 8.02. The minimum absolute atomic E-state index is 0.0946. The van der Waals surface area contributed by atoms with E-state index in [1.165, 1.54) is 0 Å². The monoisotopic (exact) mass is 293 g/mol. The van der Waals surface area contributed by atoms with Gasteiger partial charge in [0.15, 0.2) is 11.5 Å². The predicted molar refractivity (Wildman–Crippen MR) is 84.3 cm³/mol. The van der Waals surface area contributed by atoms with E-state index in [0.717, 1.165) is 43.1 Å². The van der Waals surface area contributed by atoms with Gasteiger partial charge in [-0.3, -0.25) is 0 Å². The minimum atomic E-state index is 0.0946. The first-order valence-electron chi connectivity index (χ1n) is 7.85. The van der Waals surface area contributed by atoms with E-state index in [-0.39, 0.29) is 12.2 Å². The zero-order chi connectivity index (χ0) is 15.2. The summed E-state index contributed by atoms with van der Waals surface area (Å²) in [4.78, 5) is 0. The summed E-state index contributed by atoms with van der Waals surface area (Å²) < 4.78 is 17.5. The Bertz CT molecular complexity index is 450. The van der Waals surface area contributed by atoms with E-state index in [1.807, 2.05) is 25.1 Å². The van der Waals surface area contributed by atoms with Crippen LogP contribution in [0.3, 0.4) is 0 Å². The van der Waals surface area contributed by atoms with Gasteiger partial charge < -0.3 is 19.5 Å². The lowest BCUT2D eigenvalue weighted by molar-refractivity contribution is -0.108. The van der Waals surface area contributed by atoms with Crippen molar-refractivity contribution in [2.45, 2.75) is 51.9 Å². The van der Waals surface area contributed by atoms with Gasteiger partial charge >= 0.3 is 0 Å². The quantitative estimate of drug-likeness (QED) is 0.800. The molecule has 4 heteroatoms. The van der Waals surface area contributed by atoms with Gasteiger partial charge in [-0.05, 0) is 37.6 Å². The third kappa shape index (κ3) is 3.89. The standard InChI is InChI=1S/C17H27NO3/c1-5-9-20-17-13(18-6-2)11-16(17)21-14-8-7-12(3)10-15(14)19-4/h7-8,10,13,16-18H,5-6,9,11H2,1-4H3. The molecular weight excluding hydrogens is 266 g/mol. The normalized spacial score (nSPS) is 24.5. The molecule has 3 atom stereocenters. The van der Waals surface area contributed by atoms with Crippen LogP contribution in [-0.2, 0) is 4.74 Å². The van der Waals surface area contributed by atoms with Crippen molar-refractivity contribution >= 4 is 0 Å². The molecular formula is C17H27NO3. The predicted octanol–water partition coefficient (Wildman–Crippen LogP) is 2.93. The second kappa shape index (κ2) is 7.66. The van der Waals surface area contributed by atoms with E-state index in [0.29, 0.717) is 6.04 Å². The van der Waals surface area contributed by atoms with Crippen molar-refractivity contribution in [1.29, 1.82) is 0 Å². The number of benzene rings is 1. The van der Waals surface area contributed by atoms with Gasteiger partial charge in [0.25, 0.3) is 0 Å². The molecule has 118 valence electrons. The number of ether oxygens (including phenoxy) is 3. The van der Waals surface area contributed by atoms with E-state index in [4.69, 9.17) is 14.2 Å². The Balaban J connectivity index is 2.01. The Hall–Kier alpha value is -1.26. The van der Waals surface area contributed by atoms with Crippen molar-refractivity contribution in [1.82, 2.24) is 5.32 Å². The van der Waals surface area contributed by atoms with Crippen LogP contribution in [0.4, 0.5) is 0 Å². The first-order valence-corrected chi connectivity index (χ1v) is 7.85. The molecule has 1 fully saturated rings. The van der Waals surface area contributed by atoms with E-state index < -0.39 is 0 Å². The number of hydrogen-bond donors (Lipinski definition) is 1. The van der Waals surface area contributed by atoms with Crippen LogP contribution in [0.5, 0.6) is 11.5 Å². The van der Waals surface area contributed by atoms with Crippen LogP contribution < -0.4 is 14.8 Å². The van der Waals surface area contributed by atoms with Crippen LogP contribution in [0.15, 0.2) is 18.2 Å². The summed E-state index contributed by atoms with van der Waals surface area (Å²) in [5.41, 5.74) is 1.16. The molecule has 1 aromatic carbocycles. The summed E-state index contributed by atoms with van der Waals surface area (Å²) in [6.07, 6.45) is 2.21. The lowest BCUT2D eigenvalue weighted by atomic mass is 9.85. The summed E-state index contributed by atoms with van der Waals surface area (Å²) in [6, 6.07) is 6.41. The molecule has 0 bridgehead atoms. The number of hydrogen-bond acceptors (Lipinski definition) is 4. The summed E-state index contributed by atoms with van der Waals surface area (Å²) in [5.74, 6) is 1.59. The Kier molecular flexibility index (Phi) is 5.88. The molecule has 0 aliphatic heterocycles. The fourth-order valence-corrected chi connectivity index (χ4v) is 2.67. The SMILES string of the molecule is CCCOC1C(NCC)CC1Oc1ccc(C)cc1OC. The van der Waals surface area contributed by atoms with Crippen molar-refractivity contribution in [2.24, 2.45) is 0 Å². The van der Waals surface area contributed by atoms with Gasteiger partial charge in [-0.1, -0.05) is 19.9 Å². The van der Waals surface area contributed by atoms with Crippen LogP contribution in [0.1, 0.15) is 32.3 Å². The van der Waals surface area contributed by atoms with Crippen LogP contribution in [0.25, 0.3) is 0 Å². The highest BCUT2D eigenvalue weighted by Gasteiger charge is 2.43. The Morgan fingerprint density at radius 2 is 2.05 bits per heavy atom. The first-order chi connectivity index (χ1) is 10.2. The van der Waals surface area contributed by atoms with Crippen LogP contribution in [0, 0.1) is 6.92 Å². The molecule has 3 unspecified atom stereocenters. The highest BCUT2D eigenvalue weighted by Crippen LogP contribution is 2.34. The number of nitrogens with one attached hydrogen (secondary N) is 1. The maximum absolute atomic E-state index is 6.12. The van der Waals surface area contributed by atoms with Crippen molar-refractivity contribution in [2.75, 3.05) is 20.3 Å². The molecule has 2 rings (SSSR count). The zero-order valence-corrected chi connectivity index (χ0v) is 13.5. The van der Waals surface area contributed by atoms with E-state index >= 15 is 0 Å². The zero-order valence-electron chi connectivity index (χ0n) is 13.5. The third-order valence-electron chi connectivity index (χ3n) is 3.83. The molecule has 0 heterocycles. The Labute approximate surface area is 127 Å². The molecule has 1 N–H and O–H groups in total. The van der Waals surface area contributed by atoms with Gasteiger partial charge in [-0.25, -0.2) is 0 Å². The molecule has 0 spiro atoms. The largest absolute Gasteiger partial charge is 0.493 e. The fourth-order valence-electron chi connectivity index (χ4n) is 2.67. The Morgan fingerprint density at radius 1 is 1.24 bits per heavy atom. The highest BCUT2D eigenvalue weighted by atomic mass is 16.6. The van der Waals surface area contributed by atoms with Crippen LogP contribution in [0.2, 0.25) is 0 Å². The second-order valence-corrected chi connectivity index (χ2v) is 5.55. The lowest BCUT2D eigenvalue weighted by Crippen LogP contribution is -2.61. The molecule has 1 aliphatic carbocycles. The number of aryl methyl sites for hydroxylation is 1. The highest BCUT2D eigenvalue weighted by molar-refractivity contribution is 5.42. The molecule has 0 aromatic heterocycles. The van der Waals surface area contributed by atoms with Crippen LogP contribution >= 0.6 is 0 Å². The topological polar surface area (TPSA) is 39.7 Å². The average molecular weight is 293 g/mol. The first kappa shape index (κ1) is 16.1. The summed E-state index contributed by atoms with van der Waals surface area (Å²) >= 11 is 0. The number of methoxy groups -OCH3 is 1. The summed E-state index contributed by atoms with van der Waals surface area (Å²) in [5, 5.41) is 3.46. The van der Waals surface area contributed by atoms with Gasteiger partial charge in [0.1, 0.15) is 12.2 Å². The molecule has 21 heavy (non-hydrogen) atoms. The van der Waals surface area contributed by atoms with Crippen molar-refractivity contribution in [3.05, 3.63) is 23.8 Å². The number of rotatable bonds is 8. The van der Waals surface area contributed by atoms with Crippen molar-refractivity contribution in [3.63, 3.8) is 0 Å². The average Bonchev–Trinajstić information content (AvgIpc) is 2.47. The molecule has 1 aromatic rings. The summed E-state index contributed by atoms with van der Waals surface area (Å²) in [7, 11) is 1.68. The van der Waals surface area contributed by atoms with E-state index in [9.17, 15) is 0 Å². The maximum atomic E-state index is 6.12. The Morgan fingerprint density at radius 3 is 2.71 bits per heavy atom. The fraction of sp³-hybridized carbons (Fsp3) is 0.647. The molecule has 0 saturated heterocycles. The van der Waals surface area contributed by atoms with Gasteiger partial charge in [0.2, 0.25) is 0 Å². The minimum Gasteiger partial charge on any atom is -0.493 e. The molecule has 4 nitrogen and oxygen atoms in total. The van der Waals surface area contributed by atoms with Crippen LogP contribution in [-0.4, -0.2) is 38.5 Å². The van der Waals surface area contributed by atoms with E-state index in [1.54, 1.807) is 7.11 Å². The molecule has 1 aliphatic rings. The van der Waals surface area contributed by atoms with Gasteiger partial charge in [0, 0.05) is 19.1 Å². The van der Waals surface area contributed by atoms with Gasteiger partial charge in [0.05, 0.1) is 7.11 Å². The van der Waals surface area contributed by atoms with Crippen molar-refractivity contribution in [3.8, 4) is 11.5 Å². The lowest BCUT2D eigenvalue weighted by Gasteiger charge is -2.44. The van der Waals surface area contributed by atoms with Gasteiger partial charge in [-0.2, -0.15) is 0 Å². The van der Waals surface area contributed by atoms with Gasteiger partial charge in [-0.15, -0.1) is 0 Å². The maximum Gasteiger partial charge on any atom is 0.161 e. The van der Waals surface area contributed by atoms with Crippen molar-refractivity contribution < 1.29 is 14.2 Å². The number of likely N-dealkylation sites (N-methyl/N-ethyl adjacent to an activating group) is 1. The molecule has 1 saturated carbocycles.